The highest BCUT2D eigenvalue weighted by atomic mass is 16.6. The number of hydrogen-bond donors (Lipinski definition) is 2. The number of carboxylic acids is 1. The molecule has 1 amide bonds. The number of hydrogen-bond acceptors (Lipinski definition) is 6. The summed E-state index contributed by atoms with van der Waals surface area (Å²) in [5.41, 5.74) is -0.227. The summed E-state index contributed by atoms with van der Waals surface area (Å²) in [6.45, 7) is 2.92. The lowest BCUT2D eigenvalue weighted by Gasteiger charge is -2.18. The standard InChI is InChI=1S/C14H18N2O7/c1-8(2)13(14(18)19)15-12(17)7-23-9-4-5-10(16(20)21)11(6-9)22-3/h4-6,8,13H,7H2,1-3H3,(H,15,17)(H,18,19)/t13-/m1/s1. The number of benzene rings is 1. The topological polar surface area (TPSA) is 128 Å². The second-order valence-corrected chi connectivity index (χ2v) is 5.01. The van der Waals surface area contributed by atoms with Crippen LogP contribution in [0.15, 0.2) is 18.2 Å². The molecule has 0 aliphatic heterocycles. The summed E-state index contributed by atoms with van der Waals surface area (Å²) in [4.78, 5) is 32.9. The van der Waals surface area contributed by atoms with Crippen LogP contribution in [0.25, 0.3) is 0 Å². The first-order valence-electron chi connectivity index (χ1n) is 6.73. The number of nitro groups is 1. The zero-order valence-electron chi connectivity index (χ0n) is 12.9. The number of carbonyl (C=O) groups is 2. The summed E-state index contributed by atoms with van der Waals surface area (Å²) in [6, 6.07) is 2.78. The van der Waals surface area contributed by atoms with Gasteiger partial charge in [-0.3, -0.25) is 14.9 Å². The Bertz CT molecular complexity index is 601. The van der Waals surface area contributed by atoms with Crippen LogP contribution in [0, 0.1) is 16.0 Å². The molecule has 126 valence electrons. The highest BCUT2D eigenvalue weighted by molar-refractivity contribution is 5.84. The van der Waals surface area contributed by atoms with Crippen molar-refractivity contribution in [3.05, 3.63) is 28.3 Å². The minimum absolute atomic E-state index is 0.00139. The quantitative estimate of drug-likeness (QED) is 0.542. The molecule has 1 atom stereocenters. The maximum Gasteiger partial charge on any atom is 0.326 e. The molecule has 0 fully saturated rings. The molecule has 0 aliphatic carbocycles. The predicted octanol–water partition coefficient (Wildman–Crippen LogP) is 1.21. The van der Waals surface area contributed by atoms with Crippen LogP contribution in [0.3, 0.4) is 0 Å². The molecular weight excluding hydrogens is 308 g/mol. The first kappa shape index (κ1) is 18.2. The number of amides is 1. The molecule has 0 saturated carbocycles. The van der Waals surface area contributed by atoms with Crippen LogP contribution >= 0.6 is 0 Å². The zero-order chi connectivity index (χ0) is 17.6. The molecule has 0 saturated heterocycles. The maximum absolute atomic E-state index is 11.7. The highest BCUT2D eigenvalue weighted by Gasteiger charge is 2.23. The molecular formula is C14H18N2O7. The second-order valence-electron chi connectivity index (χ2n) is 5.01. The number of carboxylic acid groups (broad SMARTS) is 1. The fourth-order valence-electron chi connectivity index (χ4n) is 1.78. The van der Waals surface area contributed by atoms with E-state index in [0.717, 1.165) is 0 Å². The van der Waals surface area contributed by atoms with E-state index in [1.807, 2.05) is 0 Å². The zero-order valence-corrected chi connectivity index (χ0v) is 12.9. The van der Waals surface area contributed by atoms with Gasteiger partial charge in [0.1, 0.15) is 11.8 Å². The van der Waals surface area contributed by atoms with Crippen molar-refractivity contribution >= 4 is 17.6 Å². The van der Waals surface area contributed by atoms with Crippen molar-refractivity contribution in [1.29, 1.82) is 0 Å². The van der Waals surface area contributed by atoms with E-state index in [9.17, 15) is 19.7 Å². The average Bonchev–Trinajstić information content (AvgIpc) is 2.49. The molecule has 1 aromatic rings. The average molecular weight is 326 g/mol. The Labute approximate surface area is 132 Å². The Morgan fingerprint density at radius 3 is 2.52 bits per heavy atom. The number of rotatable bonds is 8. The molecule has 0 radical (unpaired) electrons. The molecule has 0 bridgehead atoms. The van der Waals surface area contributed by atoms with Gasteiger partial charge in [0.05, 0.1) is 12.0 Å². The largest absolute Gasteiger partial charge is 0.490 e. The smallest absolute Gasteiger partial charge is 0.326 e. The molecule has 0 unspecified atom stereocenters. The molecule has 23 heavy (non-hydrogen) atoms. The number of methoxy groups -OCH3 is 1. The van der Waals surface area contributed by atoms with Crippen LogP contribution in [-0.4, -0.2) is 41.7 Å². The number of nitro benzene ring substituents is 1. The first-order chi connectivity index (χ1) is 10.8. The third-order valence-electron chi connectivity index (χ3n) is 2.97. The van der Waals surface area contributed by atoms with Crippen molar-refractivity contribution in [2.45, 2.75) is 19.9 Å². The SMILES string of the molecule is COc1cc(OCC(=O)N[C@@H](C(=O)O)C(C)C)ccc1[N+](=O)[O-]. The molecule has 2 N–H and O–H groups in total. The van der Waals surface area contributed by atoms with E-state index in [0.29, 0.717) is 0 Å². The van der Waals surface area contributed by atoms with Gasteiger partial charge >= 0.3 is 11.7 Å². The van der Waals surface area contributed by atoms with E-state index < -0.39 is 29.4 Å². The molecule has 1 rings (SSSR count). The molecule has 9 nitrogen and oxygen atoms in total. The Balaban J connectivity index is 2.69. The Kier molecular flexibility index (Phi) is 6.31. The summed E-state index contributed by atoms with van der Waals surface area (Å²) in [5.74, 6) is -1.83. The van der Waals surface area contributed by atoms with Crippen molar-refractivity contribution in [2.24, 2.45) is 5.92 Å². The third kappa shape index (κ3) is 5.13. The van der Waals surface area contributed by atoms with Crippen LogP contribution in [0.4, 0.5) is 5.69 Å². The van der Waals surface area contributed by atoms with E-state index in [-0.39, 0.29) is 23.1 Å². The van der Waals surface area contributed by atoms with Gasteiger partial charge in [-0.15, -0.1) is 0 Å². The van der Waals surface area contributed by atoms with Crippen molar-refractivity contribution in [1.82, 2.24) is 5.32 Å². The normalized spacial score (nSPS) is 11.7. The monoisotopic (exact) mass is 326 g/mol. The van der Waals surface area contributed by atoms with Gasteiger partial charge in [0.15, 0.2) is 6.61 Å². The Morgan fingerprint density at radius 1 is 1.39 bits per heavy atom. The molecule has 9 heteroatoms. The highest BCUT2D eigenvalue weighted by Crippen LogP contribution is 2.30. The van der Waals surface area contributed by atoms with Crippen LogP contribution in [0.1, 0.15) is 13.8 Å². The number of ether oxygens (including phenoxy) is 2. The fourth-order valence-corrected chi connectivity index (χ4v) is 1.78. The van der Waals surface area contributed by atoms with E-state index in [4.69, 9.17) is 14.6 Å². The van der Waals surface area contributed by atoms with Crippen molar-refractivity contribution in [3.8, 4) is 11.5 Å². The van der Waals surface area contributed by atoms with Gasteiger partial charge in [-0.25, -0.2) is 4.79 Å². The Hall–Kier alpha value is -2.84. The number of nitrogens with zero attached hydrogens (tertiary/aromatic N) is 1. The third-order valence-corrected chi connectivity index (χ3v) is 2.97. The molecule has 0 spiro atoms. The van der Waals surface area contributed by atoms with Crippen LogP contribution in [-0.2, 0) is 9.59 Å². The van der Waals surface area contributed by atoms with Crippen LogP contribution in [0.5, 0.6) is 11.5 Å². The molecule has 1 aromatic carbocycles. The number of aliphatic carboxylic acids is 1. The van der Waals surface area contributed by atoms with Gasteiger partial charge in [0, 0.05) is 12.1 Å². The number of carbonyl (C=O) groups excluding carboxylic acids is 1. The van der Waals surface area contributed by atoms with E-state index in [1.165, 1.54) is 25.3 Å². The van der Waals surface area contributed by atoms with Gasteiger partial charge in [0.2, 0.25) is 5.75 Å². The second kappa shape index (κ2) is 7.97. The van der Waals surface area contributed by atoms with Gasteiger partial charge in [-0.1, -0.05) is 13.8 Å². The lowest BCUT2D eigenvalue weighted by Crippen LogP contribution is -2.46. The predicted molar refractivity (Wildman–Crippen MR) is 79.5 cm³/mol. The Morgan fingerprint density at radius 2 is 2.04 bits per heavy atom. The molecule has 0 aromatic heterocycles. The van der Waals surface area contributed by atoms with Gasteiger partial charge in [-0.2, -0.15) is 0 Å². The molecule has 0 heterocycles. The minimum atomic E-state index is -1.13. The first-order valence-corrected chi connectivity index (χ1v) is 6.73. The van der Waals surface area contributed by atoms with E-state index in [1.54, 1.807) is 13.8 Å². The van der Waals surface area contributed by atoms with Gasteiger partial charge in [-0.05, 0) is 12.0 Å². The molecule has 0 aliphatic rings. The fraction of sp³-hybridized carbons (Fsp3) is 0.429. The number of nitrogens with one attached hydrogen (secondary N) is 1. The van der Waals surface area contributed by atoms with Crippen LogP contribution < -0.4 is 14.8 Å². The van der Waals surface area contributed by atoms with E-state index >= 15 is 0 Å². The minimum Gasteiger partial charge on any atom is -0.490 e. The van der Waals surface area contributed by atoms with Crippen LogP contribution in [0.2, 0.25) is 0 Å². The van der Waals surface area contributed by atoms with Crippen molar-refractivity contribution < 1.29 is 29.1 Å². The summed E-state index contributed by atoms with van der Waals surface area (Å²) in [7, 11) is 1.28. The lowest BCUT2D eigenvalue weighted by molar-refractivity contribution is -0.385. The lowest BCUT2D eigenvalue weighted by atomic mass is 10.1. The maximum atomic E-state index is 11.7. The summed E-state index contributed by atoms with van der Waals surface area (Å²) >= 11 is 0. The summed E-state index contributed by atoms with van der Waals surface area (Å²) < 4.78 is 10.1. The van der Waals surface area contributed by atoms with Gasteiger partial charge < -0.3 is 19.9 Å². The summed E-state index contributed by atoms with van der Waals surface area (Å²) in [6.07, 6.45) is 0. The van der Waals surface area contributed by atoms with E-state index in [2.05, 4.69) is 5.32 Å². The van der Waals surface area contributed by atoms with Crippen molar-refractivity contribution in [3.63, 3.8) is 0 Å². The van der Waals surface area contributed by atoms with Gasteiger partial charge in [0.25, 0.3) is 5.91 Å². The van der Waals surface area contributed by atoms with Crippen molar-refractivity contribution in [2.75, 3.05) is 13.7 Å². The summed E-state index contributed by atoms with van der Waals surface area (Å²) in [5, 5.41) is 22.1.